The lowest BCUT2D eigenvalue weighted by molar-refractivity contribution is -0.137. The van der Waals surface area contributed by atoms with E-state index in [4.69, 9.17) is 5.73 Å². The van der Waals surface area contributed by atoms with E-state index in [-0.39, 0.29) is 6.04 Å². The van der Waals surface area contributed by atoms with Crippen LogP contribution < -0.4 is 5.73 Å². The number of alkyl halides is 3. The van der Waals surface area contributed by atoms with E-state index < -0.39 is 11.7 Å². The standard InChI is InChI=1S/C13H19F3N2/c1-3-18(9-8-17)10(2)11-4-6-12(7-5-11)13(14,15)16/h4-7,10H,3,8-9,17H2,1-2H3/t10-/m0/s1. The minimum Gasteiger partial charge on any atom is -0.329 e. The Kier molecular flexibility index (Phi) is 5.16. The molecule has 0 spiro atoms. The Bertz CT molecular complexity index is 359. The van der Waals surface area contributed by atoms with Crippen LogP contribution >= 0.6 is 0 Å². The van der Waals surface area contributed by atoms with Crippen LogP contribution in [0.1, 0.15) is 31.0 Å². The predicted octanol–water partition coefficient (Wildman–Crippen LogP) is 3.05. The van der Waals surface area contributed by atoms with Crippen LogP contribution in [0.3, 0.4) is 0 Å². The Morgan fingerprint density at radius 1 is 1.22 bits per heavy atom. The van der Waals surface area contributed by atoms with Gasteiger partial charge in [-0.2, -0.15) is 13.2 Å². The van der Waals surface area contributed by atoms with E-state index in [2.05, 4.69) is 4.90 Å². The first-order valence-electron chi connectivity index (χ1n) is 6.01. The molecule has 0 aliphatic rings. The number of halogens is 3. The van der Waals surface area contributed by atoms with Crippen LogP contribution in [0.15, 0.2) is 24.3 Å². The van der Waals surface area contributed by atoms with Crippen LogP contribution in [-0.4, -0.2) is 24.5 Å². The summed E-state index contributed by atoms with van der Waals surface area (Å²) in [4.78, 5) is 2.13. The smallest absolute Gasteiger partial charge is 0.329 e. The van der Waals surface area contributed by atoms with Gasteiger partial charge in [-0.1, -0.05) is 19.1 Å². The van der Waals surface area contributed by atoms with Gasteiger partial charge in [-0.25, -0.2) is 0 Å². The second kappa shape index (κ2) is 6.20. The van der Waals surface area contributed by atoms with E-state index in [9.17, 15) is 13.2 Å². The van der Waals surface area contributed by atoms with E-state index in [1.165, 1.54) is 12.1 Å². The van der Waals surface area contributed by atoms with E-state index in [1.54, 1.807) is 0 Å². The van der Waals surface area contributed by atoms with Gasteiger partial charge in [0.25, 0.3) is 0 Å². The average Bonchev–Trinajstić information content (AvgIpc) is 2.34. The van der Waals surface area contributed by atoms with Gasteiger partial charge in [-0.05, 0) is 31.2 Å². The molecule has 0 heterocycles. The van der Waals surface area contributed by atoms with Gasteiger partial charge in [0, 0.05) is 19.1 Å². The number of benzene rings is 1. The molecule has 1 aromatic rings. The summed E-state index contributed by atoms with van der Waals surface area (Å²) in [7, 11) is 0. The molecule has 0 saturated heterocycles. The number of nitrogens with zero attached hydrogens (tertiary/aromatic N) is 1. The topological polar surface area (TPSA) is 29.3 Å². The fourth-order valence-corrected chi connectivity index (χ4v) is 1.95. The molecule has 1 rings (SSSR count). The number of likely N-dealkylation sites (N-methyl/N-ethyl adjacent to an activating group) is 1. The predicted molar refractivity (Wildman–Crippen MR) is 66.2 cm³/mol. The largest absolute Gasteiger partial charge is 0.416 e. The molecule has 0 unspecified atom stereocenters. The van der Waals surface area contributed by atoms with Crippen molar-refractivity contribution in [3.05, 3.63) is 35.4 Å². The van der Waals surface area contributed by atoms with Crippen molar-refractivity contribution < 1.29 is 13.2 Å². The van der Waals surface area contributed by atoms with Crippen molar-refractivity contribution >= 4 is 0 Å². The molecule has 2 nitrogen and oxygen atoms in total. The second-order valence-corrected chi connectivity index (χ2v) is 4.21. The Morgan fingerprint density at radius 2 is 1.78 bits per heavy atom. The highest BCUT2D eigenvalue weighted by molar-refractivity contribution is 5.26. The molecule has 1 aromatic carbocycles. The monoisotopic (exact) mass is 260 g/mol. The molecule has 0 saturated carbocycles. The summed E-state index contributed by atoms with van der Waals surface area (Å²) in [6.07, 6.45) is -4.27. The zero-order valence-electron chi connectivity index (χ0n) is 10.7. The van der Waals surface area contributed by atoms with E-state index in [0.29, 0.717) is 6.54 Å². The summed E-state index contributed by atoms with van der Waals surface area (Å²) >= 11 is 0. The van der Waals surface area contributed by atoms with Gasteiger partial charge in [0.15, 0.2) is 0 Å². The van der Waals surface area contributed by atoms with Crippen LogP contribution in [0.2, 0.25) is 0 Å². The Labute approximate surface area is 106 Å². The maximum atomic E-state index is 12.4. The van der Waals surface area contributed by atoms with Gasteiger partial charge in [-0.3, -0.25) is 4.90 Å². The summed E-state index contributed by atoms with van der Waals surface area (Å²) in [6, 6.07) is 5.39. The molecule has 5 heteroatoms. The molecular weight excluding hydrogens is 241 g/mol. The molecule has 18 heavy (non-hydrogen) atoms. The van der Waals surface area contributed by atoms with Gasteiger partial charge in [-0.15, -0.1) is 0 Å². The fourth-order valence-electron chi connectivity index (χ4n) is 1.95. The molecule has 0 fully saturated rings. The Hall–Kier alpha value is -1.07. The number of rotatable bonds is 5. The minimum absolute atomic E-state index is 0.0702. The molecule has 2 N–H and O–H groups in total. The van der Waals surface area contributed by atoms with Crippen molar-refractivity contribution in [2.75, 3.05) is 19.6 Å². The average molecular weight is 260 g/mol. The summed E-state index contributed by atoms with van der Waals surface area (Å²) in [6.45, 7) is 6.08. The van der Waals surface area contributed by atoms with Crippen molar-refractivity contribution in [2.24, 2.45) is 5.73 Å². The van der Waals surface area contributed by atoms with Crippen molar-refractivity contribution in [2.45, 2.75) is 26.1 Å². The molecule has 0 aromatic heterocycles. The zero-order valence-corrected chi connectivity index (χ0v) is 10.7. The highest BCUT2D eigenvalue weighted by atomic mass is 19.4. The Balaban J connectivity index is 2.84. The second-order valence-electron chi connectivity index (χ2n) is 4.21. The maximum Gasteiger partial charge on any atom is 0.416 e. The zero-order chi connectivity index (χ0) is 13.8. The van der Waals surface area contributed by atoms with Crippen LogP contribution in [0.4, 0.5) is 13.2 Å². The van der Waals surface area contributed by atoms with Gasteiger partial charge in [0.1, 0.15) is 0 Å². The minimum atomic E-state index is -4.27. The third-order valence-electron chi connectivity index (χ3n) is 3.09. The summed E-state index contributed by atoms with van der Waals surface area (Å²) in [5, 5.41) is 0. The van der Waals surface area contributed by atoms with Gasteiger partial charge in [0.2, 0.25) is 0 Å². The molecular formula is C13H19F3N2. The lowest BCUT2D eigenvalue weighted by Gasteiger charge is -2.27. The van der Waals surface area contributed by atoms with E-state index >= 15 is 0 Å². The normalized spacial score (nSPS) is 13.9. The van der Waals surface area contributed by atoms with E-state index in [0.717, 1.165) is 30.8 Å². The van der Waals surface area contributed by atoms with Crippen molar-refractivity contribution in [3.63, 3.8) is 0 Å². The van der Waals surface area contributed by atoms with Gasteiger partial charge >= 0.3 is 6.18 Å². The molecule has 0 bridgehead atoms. The fraction of sp³-hybridized carbons (Fsp3) is 0.538. The van der Waals surface area contributed by atoms with Crippen LogP contribution in [-0.2, 0) is 6.18 Å². The number of hydrogen-bond donors (Lipinski definition) is 1. The molecule has 0 aliphatic heterocycles. The highest BCUT2D eigenvalue weighted by Gasteiger charge is 2.30. The Morgan fingerprint density at radius 3 is 2.17 bits per heavy atom. The van der Waals surface area contributed by atoms with Crippen LogP contribution in [0.5, 0.6) is 0 Å². The van der Waals surface area contributed by atoms with Crippen LogP contribution in [0.25, 0.3) is 0 Å². The third-order valence-corrected chi connectivity index (χ3v) is 3.09. The first kappa shape index (κ1) is 15.0. The summed E-state index contributed by atoms with van der Waals surface area (Å²) in [5.74, 6) is 0. The SMILES string of the molecule is CCN(CCN)[C@@H](C)c1ccc(C(F)(F)F)cc1. The van der Waals surface area contributed by atoms with Crippen molar-refractivity contribution in [1.29, 1.82) is 0 Å². The third kappa shape index (κ3) is 3.71. The first-order chi connectivity index (χ1) is 8.40. The van der Waals surface area contributed by atoms with Gasteiger partial charge < -0.3 is 5.73 Å². The van der Waals surface area contributed by atoms with Crippen LogP contribution in [0, 0.1) is 0 Å². The molecule has 1 atom stereocenters. The maximum absolute atomic E-state index is 12.4. The number of nitrogens with two attached hydrogens (primary N) is 1. The lowest BCUT2D eigenvalue weighted by atomic mass is 10.0. The van der Waals surface area contributed by atoms with Gasteiger partial charge in [0.05, 0.1) is 5.56 Å². The molecule has 0 amide bonds. The highest BCUT2D eigenvalue weighted by Crippen LogP contribution is 2.30. The van der Waals surface area contributed by atoms with E-state index in [1.807, 2.05) is 13.8 Å². The quantitative estimate of drug-likeness (QED) is 0.881. The van der Waals surface area contributed by atoms with Crippen molar-refractivity contribution in [1.82, 2.24) is 4.90 Å². The first-order valence-corrected chi connectivity index (χ1v) is 6.01. The molecule has 0 aliphatic carbocycles. The summed E-state index contributed by atoms with van der Waals surface area (Å²) < 4.78 is 37.3. The lowest BCUT2D eigenvalue weighted by Crippen LogP contribution is -2.31. The molecule has 102 valence electrons. The summed E-state index contributed by atoms with van der Waals surface area (Å²) in [5.41, 5.74) is 5.77. The van der Waals surface area contributed by atoms with Crippen molar-refractivity contribution in [3.8, 4) is 0 Å². The molecule has 0 radical (unpaired) electrons. The number of hydrogen-bond acceptors (Lipinski definition) is 2.